The Hall–Kier alpha value is -3.60. The lowest BCUT2D eigenvalue weighted by Crippen LogP contribution is -2.33. The van der Waals surface area contributed by atoms with E-state index in [9.17, 15) is 4.79 Å². The molecule has 0 saturated heterocycles. The van der Waals surface area contributed by atoms with Gasteiger partial charge in [0, 0.05) is 0 Å². The van der Waals surface area contributed by atoms with Gasteiger partial charge in [-0.05, 0) is 66.4 Å². The van der Waals surface area contributed by atoms with Crippen molar-refractivity contribution in [2.75, 3.05) is 6.61 Å². The number of carbonyl (C=O) groups excluding carboxylic acids is 1. The summed E-state index contributed by atoms with van der Waals surface area (Å²) in [5, 5.41) is 4.04. The lowest BCUT2D eigenvalue weighted by atomic mass is 10.1. The van der Waals surface area contributed by atoms with Gasteiger partial charge in [-0.25, -0.2) is 5.43 Å². The predicted molar refractivity (Wildman–Crippen MR) is 134 cm³/mol. The standard InChI is InChI=1S/C28H32N2O3/c1-3-4-5-9-20-32-26-16-12-23(13-17-26)21-29-30-28(31)22(2)33-27-18-14-25(15-19-27)24-10-7-6-8-11-24/h6-8,10-19,21-22H,3-5,9,20H2,1-2H3,(H,30,31)/t22-/m1/s1. The second kappa shape index (κ2) is 13.1. The highest BCUT2D eigenvalue weighted by Gasteiger charge is 2.14. The molecule has 0 aliphatic carbocycles. The molecule has 1 atom stereocenters. The van der Waals surface area contributed by atoms with Crippen LogP contribution in [-0.4, -0.2) is 24.8 Å². The van der Waals surface area contributed by atoms with Crippen molar-refractivity contribution in [3.8, 4) is 22.6 Å². The number of nitrogens with zero attached hydrogens (tertiary/aromatic N) is 1. The zero-order valence-corrected chi connectivity index (χ0v) is 19.4. The van der Waals surface area contributed by atoms with Gasteiger partial charge in [0.1, 0.15) is 11.5 Å². The first kappa shape index (κ1) is 24.1. The lowest BCUT2D eigenvalue weighted by Gasteiger charge is -2.13. The molecule has 0 unspecified atom stereocenters. The van der Waals surface area contributed by atoms with E-state index < -0.39 is 6.10 Å². The van der Waals surface area contributed by atoms with Crippen LogP contribution in [0, 0.1) is 0 Å². The fraction of sp³-hybridized carbons (Fsp3) is 0.286. The molecule has 3 rings (SSSR count). The van der Waals surface area contributed by atoms with E-state index >= 15 is 0 Å². The Balaban J connectivity index is 1.42. The summed E-state index contributed by atoms with van der Waals surface area (Å²) in [6.45, 7) is 4.63. The summed E-state index contributed by atoms with van der Waals surface area (Å²) >= 11 is 0. The highest BCUT2D eigenvalue weighted by Crippen LogP contribution is 2.22. The fourth-order valence-corrected chi connectivity index (χ4v) is 3.24. The van der Waals surface area contributed by atoms with E-state index in [1.165, 1.54) is 19.3 Å². The van der Waals surface area contributed by atoms with Gasteiger partial charge in [-0.1, -0.05) is 68.7 Å². The predicted octanol–water partition coefficient (Wildman–Crippen LogP) is 6.23. The number of ether oxygens (including phenoxy) is 2. The molecule has 3 aromatic rings. The number of nitrogens with one attached hydrogen (secondary N) is 1. The van der Waals surface area contributed by atoms with Crippen LogP contribution in [0.1, 0.15) is 45.1 Å². The minimum Gasteiger partial charge on any atom is -0.494 e. The number of unbranched alkanes of at least 4 members (excludes halogenated alkanes) is 3. The third kappa shape index (κ3) is 8.11. The molecule has 33 heavy (non-hydrogen) atoms. The molecule has 5 heteroatoms. The van der Waals surface area contributed by atoms with Crippen LogP contribution in [0.3, 0.4) is 0 Å². The summed E-state index contributed by atoms with van der Waals surface area (Å²) in [6, 6.07) is 25.4. The number of hydrogen-bond acceptors (Lipinski definition) is 4. The summed E-state index contributed by atoms with van der Waals surface area (Å²) in [7, 11) is 0. The summed E-state index contributed by atoms with van der Waals surface area (Å²) in [5.74, 6) is 1.16. The highest BCUT2D eigenvalue weighted by atomic mass is 16.5. The quantitative estimate of drug-likeness (QED) is 0.205. The molecule has 0 radical (unpaired) electrons. The maximum Gasteiger partial charge on any atom is 0.280 e. The van der Waals surface area contributed by atoms with Crippen LogP contribution >= 0.6 is 0 Å². The maximum atomic E-state index is 12.3. The molecule has 0 heterocycles. The molecule has 0 aliphatic heterocycles. The normalized spacial score (nSPS) is 11.8. The van der Waals surface area contributed by atoms with Crippen molar-refractivity contribution < 1.29 is 14.3 Å². The smallest absolute Gasteiger partial charge is 0.280 e. The first-order valence-corrected chi connectivity index (χ1v) is 11.5. The number of benzene rings is 3. The van der Waals surface area contributed by atoms with Gasteiger partial charge < -0.3 is 9.47 Å². The molecule has 0 fully saturated rings. The Kier molecular flexibility index (Phi) is 9.52. The van der Waals surface area contributed by atoms with Crippen molar-refractivity contribution in [3.63, 3.8) is 0 Å². The van der Waals surface area contributed by atoms with Crippen LogP contribution in [0.25, 0.3) is 11.1 Å². The van der Waals surface area contributed by atoms with Crippen LogP contribution in [-0.2, 0) is 4.79 Å². The molecule has 5 nitrogen and oxygen atoms in total. The molecule has 0 spiro atoms. The van der Waals surface area contributed by atoms with Crippen LogP contribution in [0.2, 0.25) is 0 Å². The summed E-state index contributed by atoms with van der Waals surface area (Å²) in [4.78, 5) is 12.3. The van der Waals surface area contributed by atoms with E-state index in [-0.39, 0.29) is 5.91 Å². The zero-order valence-electron chi connectivity index (χ0n) is 19.4. The van der Waals surface area contributed by atoms with Gasteiger partial charge in [0.15, 0.2) is 6.10 Å². The minimum absolute atomic E-state index is 0.314. The molecular weight excluding hydrogens is 412 g/mol. The number of rotatable bonds is 12. The van der Waals surface area contributed by atoms with Crippen molar-refractivity contribution in [1.29, 1.82) is 0 Å². The van der Waals surface area contributed by atoms with Gasteiger partial charge in [-0.15, -0.1) is 0 Å². The first-order chi connectivity index (χ1) is 16.2. The lowest BCUT2D eigenvalue weighted by molar-refractivity contribution is -0.127. The number of hydrogen-bond donors (Lipinski definition) is 1. The van der Waals surface area contributed by atoms with E-state index in [0.717, 1.165) is 35.5 Å². The minimum atomic E-state index is -0.673. The van der Waals surface area contributed by atoms with E-state index in [2.05, 4.69) is 29.6 Å². The van der Waals surface area contributed by atoms with Gasteiger partial charge in [-0.2, -0.15) is 5.10 Å². The van der Waals surface area contributed by atoms with Gasteiger partial charge >= 0.3 is 0 Å². The van der Waals surface area contributed by atoms with Crippen molar-refractivity contribution in [2.45, 2.75) is 45.6 Å². The summed E-state index contributed by atoms with van der Waals surface area (Å²) < 4.78 is 11.5. The van der Waals surface area contributed by atoms with E-state index in [1.54, 1.807) is 13.1 Å². The Labute approximate surface area is 196 Å². The Bertz CT molecular complexity index is 1000. The second-order valence-electron chi connectivity index (χ2n) is 7.86. The van der Waals surface area contributed by atoms with Crippen molar-refractivity contribution in [1.82, 2.24) is 5.43 Å². The van der Waals surface area contributed by atoms with E-state index in [0.29, 0.717) is 5.75 Å². The SMILES string of the molecule is CCCCCCOc1ccc(C=NNC(=O)[C@@H](C)Oc2ccc(-c3ccccc3)cc2)cc1. The average Bonchev–Trinajstić information content (AvgIpc) is 2.85. The molecule has 0 bridgehead atoms. The Morgan fingerprint density at radius 1 is 0.879 bits per heavy atom. The second-order valence-corrected chi connectivity index (χ2v) is 7.86. The Morgan fingerprint density at radius 2 is 1.55 bits per heavy atom. The zero-order chi connectivity index (χ0) is 23.3. The average molecular weight is 445 g/mol. The molecule has 0 aromatic heterocycles. The molecule has 3 aromatic carbocycles. The third-order valence-corrected chi connectivity index (χ3v) is 5.18. The third-order valence-electron chi connectivity index (χ3n) is 5.18. The van der Waals surface area contributed by atoms with Crippen LogP contribution in [0.5, 0.6) is 11.5 Å². The van der Waals surface area contributed by atoms with Crippen LogP contribution in [0.15, 0.2) is 84.0 Å². The topological polar surface area (TPSA) is 59.9 Å². The molecule has 0 aliphatic rings. The number of carbonyl (C=O) groups is 1. The molecule has 172 valence electrons. The maximum absolute atomic E-state index is 12.3. The highest BCUT2D eigenvalue weighted by molar-refractivity contribution is 5.84. The van der Waals surface area contributed by atoms with Crippen molar-refractivity contribution >= 4 is 12.1 Å². The summed E-state index contributed by atoms with van der Waals surface area (Å²) in [6.07, 6.45) is 5.66. The monoisotopic (exact) mass is 444 g/mol. The molecule has 0 saturated carbocycles. The van der Waals surface area contributed by atoms with Gasteiger partial charge in [0.25, 0.3) is 5.91 Å². The van der Waals surface area contributed by atoms with Gasteiger partial charge in [0.05, 0.1) is 12.8 Å². The first-order valence-electron chi connectivity index (χ1n) is 11.5. The fourth-order valence-electron chi connectivity index (χ4n) is 3.24. The van der Waals surface area contributed by atoms with Gasteiger partial charge in [-0.3, -0.25) is 4.79 Å². The Morgan fingerprint density at radius 3 is 2.24 bits per heavy atom. The van der Waals surface area contributed by atoms with E-state index in [4.69, 9.17) is 9.47 Å². The van der Waals surface area contributed by atoms with Crippen molar-refractivity contribution in [3.05, 3.63) is 84.4 Å². The van der Waals surface area contributed by atoms with Crippen LogP contribution in [0.4, 0.5) is 0 Å². The molecular formula is C28H32N2O3. The number of hydrazone groups is 1. The largest absolute Gasteiger partial charge is 0.494 e. The number of amides is 1. The van der Waals surface area contributed by atoms with E-state index in [1.807, 2.05) is 66.7 Å². The summed E-state index contributed by atoms with van der Waals surface area (Å²) in [5.41, 5.74) is 5.63. The molecule has 1 N–H and O–H groups in total. The van der Waals surface area contributed by atoms with Crippen molar-refractivity contribution in [2.24, 2.45) is 5.10 Å². The van der Waals surface area contributed by atoms with Gasteiger partial charge in [0.2, 0.25) is 0 Å². The van der Waals surface area contributed by atoms with Crippen LogP contribution < -0.4 is 14.9 Å². The molecule has 1 amide bonds.